The van der Waals surface area contributed by atoms with E-state index in [2.05, 4.69) is 0 Å². The molecule has 0 bridgehead atoms. The lowest BCUT2D eigenvalue weighted by molar-refractivity contribution is 0.356. The largest absolute Gasteiger partial charge is 0.497 e. The first-order chi connectivity index (χ1) is 9.54. The smallest absolute Gasteiger partial charge is 0.243 e. The van der Waals surface area contributed by atoms with Crippen LogP contribution in [0.5, 0.6) is 5.75 Å². The van der Waals surface area contributed by atoms with Gasteiger partial charge in [-0.15, -0.1) is 0 Å². The Bertz CT molecular complexity index is 608. The van der Waals surface area contributed by atoms with Crippen LogP contribution in [-0.4, -0.2) is 32.4 Å². The van der Waals surface area contributed by atoms with Crippen LogP contribution < -0.4 is 4.74 Å². The number of rotatable bonds is 4. The predicted octanol–water partition coefficient (Wildman–Crippen LogP) is 2.57. The Hall–Kier alpha value is -1.07. The molecule has 5 heteroatoms. The normalized spacial score (nSPS) is 24.0. The molecule has 1 saturated carbocycles. The molecule has 1 saturated heterocycles. The Labute approximate surface area is 120 Å². The van der Waals surface area contributed by atoms with E-state index in [1.807, 2.05) is 6.92 Å². The topological polar surface area (TPSA) is 46.6 Å². The second-order valence-corrected chi connectivity index (χ2v) is 7.65. The summed E-state index contributed by atoms with van der Waals surface area (Å²) < 4.78 is 32.6. The molecule has 20 heavy (non-hydrogen) atoms. The lowest BCUT2D eigenvalue weighted by Crippen LogP contribution is -2.37. The van der Waals surface area contributed by atoms with Crippen molar-refractivity contribution in [1.29, 1.82) is 0 Å². The Balaban J connectivity index is 1.95. The van der Waals surface area contributed by atoms with Crippen LogP contribution >= 0.6 is 0 Å². The predicted molar refractivity (Wildman–Crippen MR) is 77.4 cm³/mol. The highest BCUT2D eigenvalue weighted by Crippen LogP contribution is 2.42. The monoisotopic (exact) mass is 295 g/mol. The Morgan fingerprint density at radius 2 is 2.00 bits per heavy atom. The van der Waals surface area contributed by atoms with E-state index in [0.29, 0.717) is 23.1 Å². The van der Waals surface area contributed by atoms with Crippen LogP contribution in [0.15, 0.2) is 23.1 Å². The fraction of sp³-hybridized carbons (Fsp3) is 0.600. The molecule has 0 spiro atoms. The van der Waals surface area contributed by atoms with Crippen molar-refractivity contribution in [2.75, 3.05) is 13.7 Å². The van der Waals surface area contributed by atoms with Gasteiger partial charge in [0.05, 0.1) is 12.0 Å². The average molecular weight is 295 g/mol. The van der Waals surface area contributed by atoms with Crippen LogP contribution in [0.3, 0.4) is 0 Å². The van der Waals surface area contributed by atoms with Gasteiger partial charge in [-0.05, 0) is 62.3 Å². The summed E-state index contributed by atoms with van der Waals surface area (Å²) in [4.78, 5) is 0.422. The van der Waals surface area contributed by atoms with Crippen molar-refractivity contribution < 1.29 is 13.2 Å². The second-order valence-electron chi connectivity index (χ2n) is 5.79. The maximum Gasteiger partial charge on any atom is 0.243 e. The lowest BCUT2D eigenvalue weighted by atomic mass is 10.1. The standard InChI is InChI=1S/C15H21NO3S/c1-11-10-13(19-2)7-8-15(11)20(17,18)16-9-3-4-14(16)12-5-6-12/h7-8,10,12,14H,3-6,9H2,1-2H3. The maximum atomic E-state index is 12.9. The minimum atomic E-state index is -3.37. The van der Waals surface area contributed by atoms with Crippen LogP contribution in [0.2, 0.25) is 0 Å². The van der Waals surface area contributed by atoms with Crippen LogP contribution in [0.4, 0.5) is 0 Å². The summed E-state index contributed by atoms with van der Waals surface area (Å²) in [5.41, 5.74) is 0.755. The van der Waals surface area contributed by atoms with E-state index in [9.17, 15) is 8.42 Å². The van der Waals surface area contributed by atoms with E-state index in [0.717, 1.165) is 18.4 Å². The van der Waals surface area contributed by atoms with Gasteiger partial charge in [0.15, 0.2) is 0 Å². The molecule has 1 aliphatic carbocycles. The molecule has 0 amide bonds. The van der Waals surface area contributed by atoms with Crippen molar-refractivity contribution in [1.82, 2.24) is 4.31 Å². The molecule has 0 N–H and O–H groups in total. The van der Waals surface area contributed by atoms with Crippen LogP contribution in [-0.2, 0) is 10.0 Å². The number of nitrogens with zero attached hydrogens (tertiary/aromatic N) is 1. The molecule has 1 aromatic rings. The molecule has 1 aliphatic heterocycles. The molecule has 0 aromatic heterocycles. The summed E-state index contributed by atoms with van der Waals surface area (Å²) in [6.07, 6.45) is 4.35. The van der Waals surface area contributed by atoms with Crippen molar-refractivity contribution in [2.24, 2.45) is 5.92 Å². The first-order valence-corrected chi connectivity index (χ1v) is 8.64. The van der Waals surface area contributed by atoms with Gasteiger partial charge in [-0.1, -0.05) is 0 Å². The zero-order valence-electron chi connectivity index (χ0n) is 12.0. The highest BCUT2D eigenvalue weighted by molar-refractivity contribution is 7.89. The zero-order chi connectivity index (χ0) is 14.3. The molecule has 0 radical (unpaired) electrons. The van der Waals surface area contributed by atoms with Gasteiger partial charge in [-0.25, -0.2) is 8.42 Å². The van der Waals surface area contributed by atoms with Crippen LogP contribution in [0, 0.1) is 12.8 Å². The Morgan fingerprint density at radius 1 is 1.25 bits per heavy atom. The average Bonchev–Trinajstić information content (AvgIpc) is 3.14. The number of aryl methyl sites for hydroxylation is 1. The molecular formula is C15H21NO3S. The fourth-order valence-electron chi connectivity index (χ4n) is 3.18. The van der Waals surface area contributed by atoms with Gasteiger partial charge in [-0.3, -0.25) is 0 Å². The molecule has 2 aliphatic rings. The maximum absolute atomic E-state index is 12.9. The molecule has 2 fully saturated rings. The fourth-order valence-corrected chi connectivity index (χ4v) is 5.14. The van der Waals surface area contributed by atoms with Crippen LogP contribution in [0.25, 0.3) is 0 Å². The number of hydrogen-bond acceptors (Lipinski definition) is 3. The zero-order valence-corrected chi connectivity index (χ0v) is 12.8. The van der Waals surface area contributed by atoms with E-state index < -0.39 is 10.0 Å². The van der Waals surface area contributed by atoms with E-state index in [1.54, 1.807) is 29.6 Å². The summed E-state index contributed by atoms with van der Waals surface area (Å²) in [5.74, 6) is 1.28. The SMILES string of the molecule is COc1ccc(S(=O)(=O)N2CCCC2C2CC2)c(C)c1. The molecule has 3 rings (SSSR count). The van der Waals surface area contributed by atoms with Crippen molar-refractivity contribution in [3.05, 3.63) is 23.8 Å². The molecule has 1 aromatic carbocycles. The van der Waals surface area contributed by atoms with Crippen molar-refractivity contribution in [3.63, 3.8) is 0 Å². The first-order valence-electron chi connectivity index (χ1n) is 7.20. The summed E-state index contributed by atoms with van der Waals surface area (Å²) >= 11 is 0. The molecular weight excluding hydrogens is 274 g/mol. The molecule has 110 valence electrons. The minimum Gasteiger partial charge on any atom is -0.497 e. The molecule has 1 heterocycles. The van der Waals surface area contributed by atoms with E-state index in [4.69, 9.17) is 4.74 Å². The summed E-state index contributed by atoms with van der Waals surface area (Å²) in [6, 6.07) is 5.41. The lowest BCUT2D eigenvalue weighted by Gasteiger charge is -2.24. The molecule has 1 unspecified atom stereocenters. The minimum absolute atomic E-state index is 0.224. The van der Waals surface area contributed by atoms with Gasteiger partial charge in [0.1, 0.15) is 5.75 Å². The number of benzene rings is 1. The van der Waals surface area contributed by atoms with Crippen molar-refractivity contribution in [2.45, 2.75) is 43.5 Å². The highest BCUT2D eigenvalue weighted by atomic mass is 32.2. The summed E-state index contributed by atoms with van der Waals surface area (Å²) in [6.45, 7) is 2.49. The van der Waals surface area contributed by atoms with Gasteiger partial charge >= 0.3 is 0 Å². The van der Waals surface area contributed by atoms with Crippen molar-refractivity contribution in [3.8, 4) is 5.75 Å². The highest BCUT2D eigenvalue weighted by Gasteiger charge is 2.43. The van der Waals surface area contributed by atoms with Gasteiger partial charge in [0.25, 0.3) is 0 Å². The Morgan fingerprint density at radius 3 is 2.60 bits per heavy atom. The number of hydrogen-bond donors (Lipinski definition) is 0. The van der Waals surface area contributed by atoms with Gasteiger partial charge < -0.3 is 4.74 Å². The van der Waals surface area contributed by atoms with Gasteiger partial charge in [0.2, 0.25) is 10.0 Å². The van der Waals surface area contributed by atoms with Gasteiger partial charge in [0, 0.05) is 12.6 Å². The summed E-state index contributed by atoms with van der Waals surface area (Å²) in [7, 11) is -1.78. The first kappa shape index (κ1) is 13.9. The number of ether oxygens (including phenoxy) is 1. The molecule has 1 atom stereocenters. The van der Waals surface area contributed by atoms with Gasteiger partial charge in [-0.2, -0.15) is 4.31 Å². The van der Waals surface area contributed by atoms with Crippen LogP contribution in [0.1, 0.15) is 31.2 Å². The third-order valence-electron chi connectivity index (χ3n) is 4.38. The number of methoxy groups -OCH3 is 1. The quantitative estimate of drug-likeness (QED) is 0.857. The summed E-state index contributed by atoms with van der Waals surface area (Å²) in [5, 5.41) is 0. The third-order valence-corrected chi connectivity index (χ3v) is 6.47. The van der Waals surface area contributed by atoms with E-state index in [1.165, 1.54) is 12.8 Å². The van der Waals surface area contributed by atoms with E-state index >= 15 is 0 Å². The third kappa shape index (κ3) is 2.33. The Kier molecular flexibility index (Phi) is 3.50. The van der Waals surface area contributed by atoms with E-state index in [-0.39, 0.29) is 6.04 Å². The molecule has 4 nitrogen and oxygen atoms in total. The second kappa shape index (κ2) is 5.04. The van der Waals surface area contributed by atoms with Crippen molar-refractivity contribution >= 4 is 10.0 Å². The number of sulfonamides is 1.